The average Bonchev–Trinajstić information content (AvgIpc) is 3.39. The molecule has 11 heteroatoms. The number of aromatic nitrogens is 1. The lowest BCUT2D eigenvalue weighted by molar-refractivity contribution is -0.117. The standard InChI is InChI=1S/C26H20FN5O3S.ClH/c1-14(29)25(34)30-17-5-2-4-15(10-17)19-12-21(18-8-7-16(27)11-22(18)33)31-24(20(19)13-28)32-26(35)23-6-3-9-36-23;/h2-12,14,33H,29H2,1H3,(H,30,34)(H,31,32,35);1H. The van der Waals surface area contributed by atoms with Gasteiger partial charge >= 0.3 is 0 Å². The van der Waals surface area contributed by atoms with Gasteiger partial charge in [-0.05, 0) is 54.3 Å². The number of phenolic OH excluding ortho intramolecular Hbond substituents is 1. The van der Waals surface area contributed by atoms with Gasteiger partial charge in [0.25, 0.3) is 5.91 Å². The van der Waals surface area contributed by atoms with Crippen molar-refractivity contribution in [2.24, 2.45) is 5.73 Å². The molecule has 5 N–H and O–H groups in total. The third-order valence-corrected chi connectivity index (χ3v) is 6.07. The van der Waals surface area contributed by atoms with Gasteiger partial charge in [0.05, 0.1) is 16.6 Å². The van der Waals surface area contributed by atoms with Crippen molar-refractivity contribution in [2.75, 3.05) is 10.6 Å². The Bertz CT molecular complexity index is 1500. The van der Waals surface area contributed by atoms with E-state index < -0.39 is 17.8 Å². The van der Waals surface area contributed by atoms with Crippen LogP contribution in [0.2, 0.25) is 0 Å². The van der Waals surface area contributed by atoms with Crippen LogP contribution in [0.25, 0.3) is 22.4 Å². The molecule has 0 bridgehead atoms. The van der Waals surface area contributed by atoms with E-state index in [1.54, 1.807) is 54.8 Å². The van der Waals surface area contributed by atoms with Crippen molar-refractivity contribution in [3.63, 3.8) is 0 Å². The molecule has 2 aromatic carbocycles. The highest BCUT2D eigenvalue weighted by atomic mass is 35.5. The van der Waals surface area contributed by atoms with Crippen LogP contribution in [0.15, 0.2) is 66.0 Å². The number of thiophene rings is 1. The molecule has 0 aliphatic carbocycles. The van der Waals surface area contributed by atoms with E-state index >= 15 is 0 Å². The molecule has 0 aliphatic heterocycles. The Kier molecular flexibility index (Phi) is 8.57. The fourth-order valence-corrected chi connectivity index (χ4v) is 4.05. The summed E-state index contributed by atoms with van der Waals surface area (Å²) < 4.78 is 13.6. The zero-order chi connectivity index (χ0) is 25.8. The first kappa shape index (κ1) is 27.3. The molecule has 4 aromatic rings. The molecule has 2 heterocycles. The number of nitrogens with two attached hydrogens (primary N) is 1. The van der Waals surface area contributed by atoms with E-state index in [0.29, 0.717) is 21.7 Å². The fraction of sp³-hybridized carbons (Fsp3) is 0.0769. The van der Waals surface area contributed by atoms with Crippen LogP contribution in [0.5, 0.6) is 5.75 Å². The van der Waals surface area contributed by atoms with Crippen molar-refractivity contribution >= 4 is 47.1 Å². The minimum absolute atomic E-state index is 0. The summed E-state index contributed by atoms with van der Waals surface area (Å²) in [5, 5.41) is 27.5. The molecule has 188 valence electrons. The number of anilines is 2. The third-order valence-electron chi connectivity index (χ3n) is 5.20. The van der Waals surface area contributed by atoms with Crippen molar-refractivity contribution in [1.82, 2.24) is 4.98 Å². The lowest BCUT2D eigenvalue weighted by Gasteiger charge is -2.15. The monoisotopic (exact) mass is 537 g/mol. The second-order valence-corrected chi connectivity index (χ2v) is 8.79. The first-order valence-electron chi connectivity index (χ1n) is 10.7. The normalized spacial score (nSPS) is 11.1. The Morgan fingerprint density at radius 3 is 2.54 bits per heavy atom. The predicted molar refractivity (Wildman–Crippen MR) is 143 cm³/mol. The number of hydrogen-bond acceptors (Lipinski definition) is 7. The van der Waals surface area contributed by atoms with E-state index in [1.807, 2.05) is 0 Å². The van der Waals surface area contributed by atoms with E-state index in [-0.39, 0.29) is 46.7 Å². The number of phenols is 1. The molecule has 4 rings (SSSR count). The fourth-order valence-electron chi connectivity index (χ4n) is 3.43. The predicted octanol–water partition coefficient (Wildman–Crippen LogP) is 5.15. The number of hydrogen-bond donors (Lipinski definition) is 4. The van der Waals surface area contributed by atoms with E-state index in [9.17, 15) is 24.3 Å². The summed E-state index contributed by atoms with van der Waals surface area (Å²) in [6.07, 6.45) is 0. The van der Waals surface area contributed by atoms with Crippen molar-refractivity contribution in [2.45, 2.75) is 13.0 Å². The minimum atomic E-state index is -0.726. The van der Waals surface area contributed by atoms with Crippen LogP contribution in [-0.4, -0.2) is 27.9 Å². The van der Waals surface area contributed by atoms with Crippen molar-refractivity contribution in [1.29, 1.82) is 5.26 Å². The van der Waals surface area contributed by atoms with Gasteiger partial charge < -0.3 is 21.5 Å². The van der Waals surface area contributed by atoms with Gasteiger partial charge in [0.2, 0.25) is 5.91 Å². The molecular formula is C26H21ClFN5O3S. The average molecular weight is 538 g/mol. The number of nitrogens with zero attached hydrogens (tertiary/aromatic N) is 2. The van der Waals surface area contributed by atoms with Crippen LogP contribution in [0.3, 0.4) is 0 Å². The number of nitrogens with one attached hydrogen (secondary N) is 2. The van der Waals surface area contributed by atoms with E-state index in [0.717, 1.165) is 6.07 Å². The SMILES string of the molecule is CC(N)C(=O)Nc1cccc(-c2cc(-c3ccc(F)cc3O)nc(NC(=O)c3cccs3)c2C#N)c1.Cl. The van der Waals surface area contributed by atoms with Gasteiger partial charge in [-0.3, -0.25) is 9.59 Å². The van der Waals surface area contributed by atoms with Crippen molar-refractivity contribution in [3.8, 4) is 34.2 Å². The topological polar surface area (TPSA) is 141 Å². The zero-order valence-electron chi connectivity index (χ0n) is 19.4. The molecule has 1 atom stereocenters. The Labute approximate surface area is 222 Å². The van der Waals surface area contributed by atoms with Gasteiger partial charge in [0.1, 0.15) is 23.2 Å². The number of carbonyl (C=O) groups is 2. The molecule has 0 radical (unpaired) electrons. The van der Waals surface area contributed by atoms with E-state index in [1.165, 1.54) is 23.5 Å². The highest BCUT2D eigenvalue weighted by Crippen LogP contribution is 2.36. The quantitative estimate of drug-likeness (QED) is 0.268. The highest BCUT2D eigenvalue weighted by molar-refractivity contribution is 7.12. The largest absolute Gasteiger partial charge is 0.507 e. The van der Waals surface area contributed by atoms with Crippen molar-refractivity contribution < 1.29 is 19.1 Å². The minimum Gasteiger partial charge on any atom is -0.507 e. The summed E-state index contributed by atoms with van der Waals surface area (Å²) in [5.74, 6) is -1.86. The number of carbonyl (C=O) groups excluding carboxylic acids is 2. The van der Waals surface area contributed by atoms with E-state index in [4.69, 9.17) is 5.73 Å². The van der Waals surface area contributed by atoms with E-state index in [2.05, 4.69) is 21.7 Å². The maximum Gasteiger partial charge on any atom is 0.266 e. The molecule has 0 fully saturated rings. The van der Waals surface area contributed by atoms with Gasteiger partial charge in [0, 0.05) is 22.9 Å². The van der Waals surface area contributed by atoms with Crippen LogP contribution < -0.4 is 16.4 Å². The summed E-state index contributed by atoms with van der Waals surface area (Å²) in [7, 11) is 0. The first-order valence-corrected chi connectivity index (χ1v) is 11.6. The summed E-state index contributed by atoms with van der Waals surface area (Å²) >= 11 is 1.22. The van der Waals surface area contributed by atoms with Crippen LogP contribution >= 0.6 is 23.7 Å². The van der Waals surface area contributed by atoms with Gasteiger partial charge in [-0.25, -0.2) is 9.37 Å². The summed E-state index contributed by atoms with van der Waals surface area (Å²) in [5.41, 5.74) is 7.48. The molecule has 0 saturated carbocycles. The summed E-state index contributed by atoms with van der Waals surface area (Å²) in [6.45, 7) is 1.56. The smallest absolute Gasteiger partial charge is 0.266 e. The number of pyridine rings is 1. The molecular weight excluding hydrogens is 517 g/mol. The summed E-state index contributed by atoms with van der Waals surface area (Å²) in [6, 6.07) is 16.5. The Morgan fingerprint density at radius 2 is 1.89 bits per heavy atom. The Balaban J connectivity index is 0.00000380. The van der Waals surface area contributed by atoms with Crippen LogP contribution in [0.1, 0.15) is 22.2 Å². The van der Waals surface area contributed by atoms with Crippen molar-refractivity contribution in [3.05, 3.63) is 82.3 Å². The first-order chi connectivity index (χ1) is 17.3. The molecule has 2 amide bonds. The lowest BCUT2D eigenvalue weighted by atomic mass is 9.97. The highest BCUT2D eigenvalue weighted by Gasteiger charge is 2.20. The van der Waals surface area contributed by atoms with Gasteiger partial charge in [-0.1, -0.05) is 18.2 Å². The summed E-state index contributed by atoms with van der Waals surface area (Å²) in [4.78, 5) is 29.7. The van der Waals surface area contributed by atoms with Gasteiger partial charge in [-0.2, -0.15) is 5.26 Å². The third kappa shape index (κ3) is 6.10. The second-order valence-electron chi connectivity index (χ2n) is 7.84. The van der Waals surface area contributed by atoms with Crippen LogP contribution in [-0.2, 0) is 4.79 Å². The number of aromatic hydroxyl groups is 1. The number of amides is 2. The number of rotatable bonds is 6. The Hall–Kier alpha value is -4.30. The number of halogens is 2. The zero-order valence-corrected chi connectivity index (χ0v) is 21.0. The maximum absolute atomic E-state index is 13.6. The molecule has 0 spiro atoms. The molecule has 0 aliphatic rings. The molecule has 0 saturated heterocycles. The molecule has 37 heavy (non-hydrogen) atoms. The van der Waals surface area contributed by atoms with Crippen LogP contribution in [0.4, 0.5) is 15.9 Å². The molecule has 8 nitrogen and oxygen atoms in total. The molecule has 1 unspecified atom stereocenters. The van der Waals surface area contributed by atoms with Crippen LogP contribution in [0, 0.1) is 17.1 Å². The maximum atomic E-state index is 13.6. The number of benzene rings is 2. The lowest BCUT2D eigenvalue weighted by Crippen LogP contribution is -2.32. The van der Waals surface area contributed by atoms with Gasteiger partial charge in [-0.15, -0.1) is 23.7 Å². The molecule has 2 aromatic heterocycles. The van der Waals surface area contributed by atoms with Gasteiger partial charge in [0.15, 0.2) is 5.82 Å². The Morgan fingerprint density at radius 1 is 1.11 bits per heavy atom. The second kappa shape index (κ2) is 11.6. The number of nitriles is 1.